The topological polar surface area (TPSA) is 56.5 Å². The van der Waals surface area contributed by atoms with Crippen molar-refractivity contribution in [2.45, 2.75) is 6.92 Å². The first kappa shape index (κ1) is 8.96. The predicted octanol–water partition coefficient (Wildman–Crippen LogP) is 1.52. The van der Waals surface area contributed by atoms with Crippen molar-refractivity contribution in [1.29, 1.82) is 0 Å². The van der Waals surface area contributed by atoms with Crippen LogP contribution in [0.1, 0.15) is 5.82 Å². The molecule has 0 aliphatic heterocycles. The fourth-order valence-electron chi connectivity index (χ4n) is 1.54. The lowest BCUT2D eigenvalue weighted by molar-refractivity contribution is 0.875. The Kier molecular flexibility index (Phi) is 1.89. The van der Waals surface area contributed by atoms with E-state index in [1.54, 1.807) is 23.3 Å². The highest BCUT2D eigenvalue weighted by atomic mass is 15.3. The van der Waals surface area contributed by atoms with Crippen LogP contribution in [-0.4, -0.2) is 24.7 Å². The van der Waals surface area contributed by atoms with E-state index in [9.17, 15) is 0 Å². The van der Waals surface area contributed by atoms with Crippen LogP contribution in [0.15, 0.2) is 36.9 Å². The average molecular weight is 211 g/mol. The number of fused-ring (bicyclic) bond motifs is 1. The molecule has 3 aromatic heterocycles. The van der Waals surface area contributed by atoms with Gasteiger partial charge in [-0.3, -0.25) is 0 Å². The van der Waals surface area contributed by atoms with E-state index in [0.717, 1.165) is 16.9 Å². The van der Waals surface area contributed by atoms with Crippen molar-refractivity contribution in [3.05, 3.63) is 42.7 Å². The Hall–Kier alpha value is -2.30. The third kappa shape index (κ3) is 1.42. The maximum absolute atomic E-state index is 4.29. The Bertz CT molecular complexity index is 630. The molecule has 0 aliphatic rings. The van der Waals surface area contributed by atoms with Crippen LogP contribution >= 0.6 is 0 Å². The molecule has 3 aromatic rings. The molecule has 0 unspecified atom stereocenters. The molecule has 16 heavy (non-hydrogen) atoms. The highest BCUT2D eigenvalue weighted by Gasteiger charge is 2.01. The van der Waals surface area contributed by atoms with Crippen LogP contribution in [0.3, 0.4) is 0 Å². The van der Waals surface area contributed by atoms with Crippen LogP contribution in [0.2, 0.25) is 0 Å². The van der Waals surface area contributed by atoms with E-state index < -0.39 is 0 Å². The van der Waals surface area contributed by atoms with Gasteiger partial charge in [0, 0.05) is 24.0 Å². The Balaban J connectivity index is 2.20. The molecule has 5 nitrogen and oxygen atoms in total. The molecule has 0 aromatic carbocycles. The van der Waals surface area contributed by atoms with E-state index in [4.69, 9.17) is 0 Å². The summed E-state index contributed by atoms with van der Waals surface area (Å²) in [5, 5.41) is 5.06. The summed E-state index contributed by atoms with van der Waals surface area (Å²) < 4.78 is 1.76. The van der Waals surface area contributed by atoms with Crippen LogP contribution in [-0.2, 0) is 0 Å². The molecule has 5 heteroatoms. The van der Waals surface area contributed by atoms with Crippen LogP contribution < -0.4 is 0 Å². The molecule has 0 spiro atoms. The molecule has 3 rings (SSSR count). The van der Waals surface area contributed by atoms with Crippen molar-refractivity contribution in [2.75, 3.05) is 0 Å². The third-order valence-corrected chi connectivity index (χ3v) is 2.31. The van der Waals surface area contributed by atoms with Gasteiger partial charge in [0.1, 0.15) is 5.82 Å². The minimum Gasteiger partial charge on any atom is -0.241 e. The highest BCUT2D eigenvalue weighted by molar-refractivity contribution is 5.75. The van der Waals surface area contributed by atoms with Crippen molar-refractivity contribution in [1.82, 2.24) is 24.7 Å². The minimum absolute atomic E-state index is 0.711. The minimum atomic E-state index is 0.711. The largest absolute Gasteiger partial charge is 0.241 e. The molecule has 0 radical (unpaired) electrons. The summed E-state index contributed by atoms with van der Waals surface area (Å²) in [6.07, 6.45) is 7.13. The number of aromatic nitrogens is 5. The molecule has 0 atom stereocenters. The highest BCUT2D eigenvalue weighted by Crippen LogP contribution is 2.12. The first-order valence-electron chi connectivity index (χ1n) is 4.92. The van der Waals surface area contributed by atoms with Gasteiger partial charge in [-0.25, -0.2) is 19.6 Å². The third-order valence-electron chi connectivity index (χ3n) is 2.31. The van der Waals surface area contributed by atoms with Crippen LogP contribution in [0.25, 0.3) is 16.7 Å². The molecule has 0 fully saturated rings. The second-order valence-electron chi connectivity index (χ2n) is 3.47. The van der Waals surface area contributed by atoms with Crippen molar-refractivity contribution in [2.24, 2.45) is 0 Å². The fourth-order valence-corrected chi connectivity index (χ4v) is 1.54. The average Bonchev–Trinajstić information content (AvgIpc) is 2.82. The zero-order chi connectivity index (χ0) is 11.0. The van der Waals surface area contributed by atoms with Gasteiger partial charge in [-0.05, 0) is 19.1 Å². The molecular formula is C11H9N5. The Morgan fingerprint density at radius 1 is 1.19 bits per heavy atom. The van der Waals surface area contributed by atoms with Crippen LogP contribution in [0.4, 0.5) is 0 Å². The maximum atomic E-state index is 4.29. The van der Waals surface area contributed by atoms with Gasteiger partial charge in [-0.2, -0.15) is 5.10 Å². The van der Waals surface area contributed by atoms with E-state index in [0.29, 0.717) is 5.65 Å². The molecule has 0 aliphatic carbocycles. The van der Waals surface area contributed by atoms with Crippen molar-refractivity contribution < 1.29 is 0 Å². The number of nitrogens with zero attached hydrogens (tertiary/aromatic N) is 5. The Morgan fingerprint density at radius 3 is 2.94 bits per heavy atom. The van der Waals surface area contributed by atoms with Gasteiger partial charge in [-0.1, -0.05) is 0 Å². The van der Waals surface area contributed by atoms with Gasteiger partial charge in [0.05, 0.1) is 11.9 Å². The fraction of sp³-hybridized carbons (Fsp3) is 0.0909. The van der Waals surface area contributed by atoms with Crippen molar-refractivity contribution >= 4 is 11.0 Å². The van der Waals surface area contributed by atoms with Crippen molar-refractivity contribution in [3.8, 4) is 5.69 Å². The number of aryl methyl sites for hydroxylation is 1. The second kappa shape index (κ2) is 3.37. The van der Waals surface area contributed by atoms with E-state index in [1.165, 1.54) is 0 Å². The molecule has 0 amide bonds. The van der Waals surface area contributed by atoms with Crippen LogP contribution in [0, 0.1) is 6.92 Å². The number of hydrogen-bond acceptors (Lipinski definition) is 4. The monoisotopic (exact) mass is 211 g/mol. The smallest absolute Gasteiger partial charge is 0.162 e. The van der Waals surface area contributed by atoms with E-state index in [1.807, 2.05) is 25.3 Å². The molecule has 0 saturated heterocycles. The van der Waals surface area contributed by atoms with E-state index in [-0.39, 0.29) is 0 Å². The molecule has 3 heterocycles. The summed E-state index contributed by atoms with van der Waals surface area (Å²) in [7, 11) is 0. The lowest BCUT2D eigenvalue weighted by atomic mass is 10.3. The summed E-state index contributed by atoms with van der Waals surface area (Å²) in [6.45, 7) is 1.85. The normalized spacial score (nSPS) is 10.8. The standard InChI is InChI=1S/C11H9N5/c1-8-12-6-9-5-10(7-13-11(9)15-8)16-4-2-3-14-16/h2-7H,1H3. The maximum Gasteiger partial charge on any atom is 0.162 e. The molecule has 78 valence electrons. The van der Waals surface area contributed by atoms with Gasteiger partial charge in [0.2, 0.25) is 0 Å². The summed E-state index contributed by atoms with van der Waals surface area (Å²) >= 11 is 0. The molecule has 0 saturated carbocycles. The molecular weight excluding hydrogens is 202 g/mol. The first-order valence-corrected chi connectivity index (χ1v) is 4.92. The predicted molar refractivity (Wildman–Crippen MR) is 59.2 cm³/mol. The SMILES string of the molecule is Cc1ncc2cc(-n3cccn3)cnc2n1. The lowest BCUT2D eigenvalue weighted by Crippen LogP contribution is -1.97. The van der Waals surface area contributed by atoms with Gasteiger partial charge >= 0.3 is 0 Å². The van der Waals surface area contributed by atoms with Gasteiger partial charge in [0.15, 0.2) is 5.65 Å². The van der Waals surface area contributed by atoms with E-state index in [2.05, 4.69) is 20.1 Å². The summed E-state index contributed by atoms with van der Waals surface area (Å²) in [6, 6.07) is 3.84. The van der Waals surface area contributed by atoms with Crippen LogP contribution in [0.5, 0.6) is 0 Å². The van der Waals surface area contributed by atoms with Gasteiger partial charge < -0.3 is 0 Å². The quantitative estimate of drug-likeness (QED) is 0.612. The van der Waals surface area contributed by atoms with Gasteiger partial charge in [0.25, 0.3) is 0 Å². The number of hydrogen-bond donors (Lipinski definition) is 0. The Morgan fingerprint density at radius 2 is 2.12 bits per heavy atom. The zero-order valence-electron chi connectivity index (χ0n) is 8.70. The van der Waals surface area contributed by atoms with Gasteiger partial charge in [-0.15, -0.1) is 0 Å². The molecule has 0 N–H and O–H groups in total. The van der Waals surface area contributed by atoms with E-state index >= 15 is 0 Å². The first-order chi connectivity index (χ1) is 7.83. The summed E-state index contributed by atoms with van der Waals surface area (Å²) in [4.78, 5) is 12.7. The lowest BCUT2D eigenvalue weighted by Gasteiger charge is -2.02. The number of pyridine rings is 1. The zero-order valence-corrected chi connectivity index (χ0v) is 8.70. The summed E-state index contributed by atoms with van der Waals surface area (Å²) in [5.41, 5.74) is 1.62. The van der Waals surface area contributed by atoms with Crippen molar-refractivity contribution in [3.63, 3.8) is 0 Å². The summed E-state index contributed by atoms with van der Waals surface area (Å²) in [5.74, 6) is 0.729. The second-order valence-corrected chi connectivity index (χ2v) is 3.47. The number of rotatable bonds is 1. The molecule has 0 bridgehead atoms. The Labute approximate surface area is 91.8 Å².